The first-order valence-electron chi connectivity index (χ1n) is 6.75. The summed E-state index contributed by atoms with van der Waals surface area (Å²) < 4.78 is 0. The summed E-state index contributed by atoms with van der Waals surface area (Å²) in [7, 11) is 0. The van der Waals surface area contributed by atoms with Crippen LogP contribution in [0.1, 0.15) is 47.0 Å². The molecule has 0 spiro atoms. The van der Waals surface area contributed by atoms with Gasteiger partial charge in [0.2, 0.25) is 0 Å². The number of hydrogen-bond acceptors (Lipinski definition) is 0. The van der Waals surface area contributed by atoms with E-state index in [1.165, 1.54) is 24.8 Å². The molecule has 2 fully saturated rings. The van der Waals surface area contributed by atoms with Gasteiger partial charge in [-0.2, -0.15) is 0 Å². The highest BCUT2D eigenvalue weighted by Gasteiger charge is 2.66. The fourth-order valence-corrected chi connectivity index (χ4v) is 4.78. The van der Waals surface area contributed by atoms with Gasteiger partial charge in [-0.1, -0.05) is 51.5 Å². The second-order valence-electron chi connectivity index (χ2n) is 7.44. The van der Waals surface area contributed by atoms with E-state index in [0.717, 1.165) is 17.8 Å². The van der Waals surface area contributed by atoms with Gasteiger partial charge < -0.3 is 0 Å². The van der Waals surface area contributed by atoms with Crippen LogP contribution in [0.2, 0.25) is 0 Å². The molecule has 0 heteroatoms. The topological polar surface area (TPSA) is 0 Å². The van der Waals surface area contributed by atoms with Crippen molar-refractivity contribution >= 4 is 0 Å². The van der Waals surface area contributed by atoms with Crippen molar-refractivity contribution in [2.45, 2.75) is 47.0 Å². The molecule has 3 rings (SSSR count). The zero-order valence-corrected chi connectivity index (χ0v) is 11.1. The molecule has 88 valence electrons. The van der Waals surface area contributed by atoms with Crippen molar-refractivity contribution in [1.82, 2.24) is 0 Å². The molecule has 0 unspecified atom stereocenters. The van der Waals surface area contributed by atoms with Crippen LogP contribution in [-0.2, 0) is 0 Å². The van der Waals surface area contributed by atoms with Gasteiger partial charge in [-0.15, -0.1) is 0 Å². The Balaban J connectivity index is 2.04. The van der Waals surface area contributed by atoms with E-state index in [-0.39, 0.29) is 0 Å². The fraction of sp³-hybridized carbons (Fsp3) is 0.750. The lowest BCUT2D eigenvalue weighted by atomic mass is 9.62. The molecule has 0 aromatic carbocycles. The molecule has 0 radical (unpaired) electrons. The molecule has 16 heavy (non-hydrogen) atoms. The highest BCUT2D eigenvalue weighted by atomic mass is 14.7. The highest BCUT2D eigenvalue weighted by molar-refractivity contribution is 5.42. The van der Waals surface area contributed by atoms with Gasteiger partial charge in [-0.05, 0) is 47.8 Å². The standard InChI is InChI=1S/C16H24/c1-10-9-11-7-6-8-15(2,3)13(11)14-12(10)16(14,4)5/h9,12-14H,1,6-8H2,2-5H3/t12-,13-,14+/m0/s1. The van der Waals surface area contributed by atoms with E-state index < -0.39 is 0 Å². The molecule has 2 saturated carbocycles. The van der Waals surface area contributed by atoms with Crippen molar-refractivity contribution in [3.05, 3.63) is 23.8 Å². The van der Waals surface area contributed by atoms with Crippen LogP contribution in [-0.4, -0.2) is 0 Å². The maximum absolute atomic E-state index is 4.29. The minimum atomic E-state index is 0.509. The molecule has 0 aliphatic heterocycles. The third-order valence-electron chi connectivity index (χ3n) is 5.57. The molecule has 0 bridgehead atoms. The van der Waals surface area contributed by atoms with Crippen molar-refractivity contribution in [1.29, 1.82) is 0 Å². The Kier molecular flexibility index (Phi) is 1.88. The smallest absolute Gasteiger partial charge is 0.00738 e. The number of rotatable bonds is 0. The van der Waals surface area contributed by atoms with Gasteiger partial charge in [0.15, 0.2) is 0 Å². The Morgan fingerprint density at radius 3 is 2.56 bits per heavy atom. The van der Waals surface area contributed by atoms with Gasteiger partial charge in [-0.25, -0.2) is 0 Å². The summed E-state index contributed by atoms with van der Waals surface area (Å²) in [6.45, 7) is 14.1. The van der Waals surface area contributed by atoms with E-state index in [1.54, 1.807) is 5.57 Å². The van der Waals surface area contributed by atoms with Crippen LogP contribution in [0.3, 0.4) is 0 Å². The number of hydrogen-bond donors (Lipinski definition) is 0. The lowest BCUT2D eigenvalue weighted by Crippen LogP contribution is -2.34. The van der Waals surface area contributed by atoms with Crippen LogP contribution in [0.4, 0.5) is 0 Å². The number of fused-ring (bicyclic) bond motifs is 3. The van der Waals surface area contributed by atoms with E-state index in [0.29, 0.717) is 10.8 Å². The van der Waals surface area contributed by atoms with Gasteiger partial charge in [0.05, 0.1) is 0 Å². The van der Waals surface area contributed by atoms with E-state index in [9.17, 15) is 0 Å². The number of allylic oxidation sites excluding steroid dienone is 3. The van der Waals surface area contributed by atoms with Gasteiger partial charge in [0, 0.05) is 0 Å². The molecular formula is C16H24. The SMILES string of the molecule is C=C1C=C2CCCC(C)(C)[C@@H]2[C@H]2[C@H]1C2(C)C. The first-order chi connectivity index (χ1) is 7.36. The van der Waals surface area contributed by atoms with Crippen LogP contribution in [0.15, 0.2) is 23.8 Å². The third-order valence-corrected chi connectivity index (χ3v) is 5.57. The van der Waals surface area contributed by atoms with Crippen molar-refractivity contribution in [3.8, 4) is 0 Å². The van der Waals surface area contributed by atoms with Crippen LogP contribution in [0, 0.1) is 28.6 Å². The molecular weight excluding hydrogens is 192 g/mol. The van der Waals surface area contributed by atoms with E-state index in [4.69, 9.17) is 0 Å². The van der Waals surface area contributed by atoms with E-state index in [2.05, 4.69) is 40.3 Å². The summed E-state index contributed by atoms with van der Waals surface area (Å²) in [4.78, 5) is 0. The maximum Gasteiger partial charge on any atom is -0.00738 e. The second-order valence-corrected chi connectivity index (χ2v) is 7.44. The average Bonchev–Trinajstić information content (AvgIpc) is 2.68. The van der Waals surface area contributed by atoms with Crippen molar-refractivity contribution < 1.29 is 0 Å². The highest BCUT2D eigenvalue weighted by Crippen LogP contribution is 2.72. The molecule has 3 atom stereocenters. The molecule has 0 aromatic heterocycles. The second kappa shape index (κ2) is 2.83. The van der Waals surface area contributed by atoms with Crippen LogP contribution < -0.4 is 0 Å². The Morgan fingerprint density at radius 2 is 1.88 bits per heavy atom. The summed E-state index contributed by atoms with van der Waals surface area (Å²) in [5, 5.41) is 0. The zero-order valence-electron chi connectivity index (χ0n) is 11.1. The van der Waals surface area contributed by atoms with Crippen LogP contribution in [0.5, 0.6) is 0 Å². The molecule has 0 aromatic rings. The Bertz CT molecular complexity index is 381. The minimum Gasteiger partial charge on any atom is -0.0955 e. The Hall–Kier alpha value is -0.520. The first-order valence-corrected chi connectivity index (χ1v) is 6.75. The zero-order chi connectivity index (χ0) is 11.7. The molecule has 0 heterocycles. The molecule has 0 saturated heterocycles. The van der Waals surface area contributed by atoms with Crippen LogP contribution in [0.25, 0.3) is 0 Å². The van der Waals surface area contributed by atoms with E-state index >= 15 is 0 Å². The fourth-order valence-electron chi connectivity index (χ4n) is 4.78. The quantitative estimate of drug-likeness (QED) is 0.556. The summed E-state index contributed by atoms with van der Waals surface area (Å²) in [6, 6.07) is 0. The largest absolute Gasteiger partial charge is 0.0955 e. The molecule has 0 amide bonds. The van der Waals surface area contributed by atoms with E-state index in [1.807, 2.05) is 0 Å². The van der Waals surface area contributed by atoms with Gasteiger partial charge >= 0.3 is 0 Å². The van der Waals surface area contributed by atoms with Crippen molar-refractivity contribution in [2.75, 3.05) is 0 Å². The summed E-state index contributed by atoms with van der Waals surface area (Å²) in [5.41, 5.74) is 4.16. The van der Waals surface area contributed by atoms with Gasteiger partial charge in [0.25, 0.3) is 0 Å². The Morgan fingerprint density at radius 1 is 1.19 bits per heavy atom. The monoisotopic (exact) mass is 216 g/mol. The van der Waals surface area contributed by atoms with Crippen LogP contribution >= 0.6 is 0 Å². The molecule has 3 aliphatic carbocycles. The predicted molar refractivity (Wildman–Crippen MR) is 69.1 cm³/mol. The normalized spacial score (nSPS) is 43.1. The molecule has 0 N–H and O–H groups in total. The lowest BCUT2D eigenvalue weighted by Gasteiger charge is -2.43. The lowest BCUT2D eigenvalue weighted by molar-refractivity contribution is 0.150. The third kappa shape index (κ3) is 1.16. The summed E-state index contributed by atoms with van der Waals surface area (Å²) in [6.07, 6.45) is 6.55. The first kappa shape index (κ1) is 10.6. The summed E-state index contributed by atoms with van der Waals surface area (Å²) in [5.74, 6) is 2.50. The van der Waals surface area contributed by atoms with Crippen molar-refractivity contribution in [3.63, 3.8) is 0 Å². The van der Waals surface area contributed by atoms with Gasteiger partial charge in [0.1, 0.15) is 0 Å². The average molecular weight is 216 g/mol. The summed E-state index contributed by atoms with van der Waals surface area (Å²) >= 11 is 0. The molecule has 3 aliphatic rings. The Labute approximate surface area is 99.8 Å². The predicted octanol–water partition coefficient (Wildman–Crippen LogP) is 4.58. The molecule has 0 nitrogen and oxygen atoms in total. The maximum atomic E-state index is 4.29. The minimum absolute atomic E-state index is 0.509. The van der Waals surface area contributed by atoms with Gasteiger partial charge in [-0.3, -0.25) is 0 Å². The van der Waals surface area contributed by atoms with Crippen molar-refractivity contribution in [2.24, 2.45) is 28.6 Å².